The number of pyridine rings is 2. The molecular weight excluding hydrogens is 685 g/mol. The Balaban J connectivity index is 0.000000144. The Morgan fingerprint density at radius 3 is 1.38 bits per heavy atom. The zero-order valence-corrected chi connectivity index (χ0v) is 30.4. The maximum absolute atomic E-state index is 12.4. The molecule has 274 valence electrons. The number of carbonyl (C=O) groups excluding carboxylic acids is 2. The van der Waals surface area contributed by atoms with Crippen molar-refractivity contribution in [1.29, 1.82) is 0 Å². The van der Waals surface area contributed by atoms with Crippen LogP contribution < -0.4 is 10.6 Å². The Morgan fingerprint density at radius 2 is 1.00 bits per heavy atom. The third-order valence-corrected chi connectivity index (χ3v) is 11.6. The topological polar surface area (TPSA) is 141 Å². The number of H-pyrrole nitrogens is 2. The van der Waals surface area contributed by atoms with E-state index in [-0.39, 0.29) is 34.5 Å². The fourth-order valence-electron chi connectivity index (χ4n) is 8.02. The van der Waals surface area contributed by atoms with Crippen LogP contribution in [0.25, 0.3) is 12.2 Å². The maximum atomic E-state index is 12.4. The second-order valence-corrected chi connectivity index (χ2v) is 15.0. The lowest BCUT2D eigenvalue weighted by Crippen LogP contribution is -2.31. The Bertz CT molecular complexity index is 2280. The third kappa shape index (κ3) is 6.58. The fourth-order valence-corrected chi connectivity index (χ4v) is 8.02. The standard InChI is InChI=1S/C23H22N4O.C22H20N4O/c28-22(16-6-4-7-16)25-21-19-11-12-23(14-20(19)26-27-21,17-8-2-1-3-9-17)18-10-5-13-24-15-18;27-21(15-8-9-15)24-20-18-10-11-22(13-19(18)25-26-20,16-5-2-1-3-6-16)17-7-4-12-23-14-17/h1-3,5,8-13,15-16H,4,6-7,14H2,(H2,25,26,27,28);1-7,10-12,14-15H,8-9,13H2,(H2,24,25,26,27). The molecule has 6 aromatic rings. The van der Waals surface area contributed by atoms with E-state index in [0.29, 0.717) is 11.6 Å². The first kappa shape index (κ1) is 34.4. The summed E-state index contributed by atoms with van der Waals surface area (Å²) in [4.78, 5) is 33.2. The van der Waals surface area contributed by atoms with Crippen molar-refractivity contribution in [3.63, 3.8) is 0 Å². The van der Waals surface area contributed by atoms with Crippen molar-refractivity contribution >= 4 is 35.6 Å². The maximum Gasteiger partial charge on any atom is 0.228 e. The van der Waals surface area contributed by atoms with Crippen LogP contribution in [0.3, 0.4) is 0 Å². The molecule has 4 N–H and O–H groups in total. The molecule has 0 bridgehead atoms. The monoisotopic (exact) mass is 726 g/mol. The number of fused-ring (bicyclic) bond motifs is 2. The number of hydrogen-bond acceptors (Lipinski definition) is 6. The predicted molar refractivity (Wildman–Crippen MR) is 213 cm³/mol. The van der Waals surface area contributed by atoms with Crippen molar-refractivity contribution in [2.45, 2.75) is 55.8 Å². The number of nitrogens with zero attached hydrogens (tertiary/aromatic N) is 4. The van der Waals surface area contributed by atoms with E-state index in [9.17, 15) is 9.59 Å². The second kappa shape index (κ2) is 14.4. The van der Waals surface area contributed by atoms with Gasteiger partial charge in [-0.3, -0.25) is 29.8 Å². The van der Waals surface area contributed by atoms with Gasteiger partial charge in [0.2, 0.25) is 11.8 Å². The number of benzene rings is 2. The van der Waals surface area contributed by atoms with Crippen LogP contribution in [0.1, 0.15) is 76.9 Å². The first-order valence-electron chi connectivity index (χ1n) is 19.1. The number of anilines is 2. The smallest absolute Gasteiger partial charge is 0.228 e. The van der Waals surface area contributed by atoms with Gasteiger partial charge in [0, 0.05) is 82.8 Å². The van der Waals surface area contributed by atoms with Crippen molar-refractivity contribution in [3.8, 4) is 0 Å². The molecule has 4 aromatic heterocycles. The van der Waals surface area contributed by atoms with Crippen LogP contribution in [0.5, 0.6) is 0 Å². The molecule has 10 nitrogen and oxygen atoms in total. The Kier molecular flexibility index (Phi) is 9.01. The molecule has 2 amide bonds. The molecule has 10 rings (SSSR count). The number of aromatic nitrogens is 6. The summed E-state index contributed by atoms with van der Waals surface area (Å²) in [6, 6.07) is 29.1. The SMILES string of the molecule is O=C(Nc1n[nH]c2c1C=CC(c1ccccc1)(c1cccnc1)C2)C1CC1.O=C(Nc1n[nH]c2c1C=CC(c1ccccc1)(c1cccnc1)C2)C1CCC1. The highest BCUT2D eigenvalue weighted by atomic mass is 16.2. The number of carbonyl (C=O) groups is 2. The van der Waals surface area contributed by atoms with E-state index < -0.39 is 0 Å². The van der Waals surface area contributed by atoms with Gasteiger partial charge in [-0.2, -0.15) is 10.2 Å². The fraction of sp³-hybridized carbons (Fsp3) is 0.244. The molecule has 0 aliphatic heterocycles. The molecule has 2 fully saturated rings. The minimum atomic E-state index is -0.315. The van der Waals surface area contributed by atoms with E-state index in [4.69, 9.17) is 0 Å². The Hall–Kier alpha value is -6.42. The lowest BCUT2D eigenvalue weighted by atomic mass is 9.69. The highest BCUT2D eigenvalue weighted by molar-refractivity contribution is 5.95. The van der Waals surface area contributed by atoms with Crippen molar-refractivity contribution in [1.82, 2.24) is 30.4 Å². The highest BCUT2D eigenvalue weighted by Gasteiger charge is 2.39. The number of amides is 2. The van der Waals surface area contributed by atoms with Crippen LogP contribution in [0.4, 0.5) is 11.6 Å². The highest BCUT2D eigenvalue weighted by Crippen LogP contribution is 2.44. The molecule has 4 aliphatic rings. The first-order chi connectivity index (χ1) is 27.0. The minimum Gasteiger partial charge on any atom is -0.308 e. The second-order valence-electron chi connectivity index (χ2n) is 15.0. The Labute approximate surface area is 319 Å². The van der Waals surface area contributed by atoms with Crippen LogP contribution in [0.15, 0.2) is 122 Å². The van der Waals surface area contributed by atoms with E-state index >= 15 is 0 Å². The van der Waals surface area contributed by atoms with E-state index in [2.05, 4.69) is 126 Å². The summed E-state index contributed by atoms with van der Waals surface area (Å²) in [6.07, 6.45) is 22.6. The molecular formula is C45H42N8O2. The van der Waals surface area contributed by atoms with Gasteiger partial charge < -0.3 is 10.6 Å². The lowest BCUT2D eigenvalue weighted by molar-refractivity contribution is -0.122. The summed E-state index contributed by atoms with van der Waals surface area (Å²) < 4.78 is 0. The summed E-state index contributed by atoms with van der Waals surface area (Å²) in [5.74, 6) is 1.72. The summed E-state index contributed by atoms with van der Waals surface area (Å²) in [7, 11) is 0. The summed E-state index contributed by atoms with van der Waals surface area (Å²) >= 11 is 0. The van der Waals surface area contributed by atoms with Crippen molar-refractivity contribution in [3.05, 3.63) is 167 Å². The average Bonchev–Trinajstić information content (AvgIpc) is 3.91. The van der Waals surface area contributed by atoms with Gasteiger partial charge in [0.15, 0.2) is 11.6 Å². The van der Waals surface area contributed by atoms with Gasteiger partial charge in [-0.1, -0.05) is 104 Å². The molecule has 2 atom stereocenters. The van der Waals surface area contributed by atoms with Crippen molar-refractivity contribution < 1.29 is 9.59 Å². The zero-order chi connectivity index (χ0) is 37.2. The summed E-state index contributed by atoms with van der Waals surface area (Å²) in [5.41, 5.74) is 8.06. The van der Waals surface area contributed by atoms with Gasteiger partial charge >= 0.3 is 0 Å². The van der Waals surface area contributed by atoms with Crippen LogP contribution in [-0.4, -0.2) is 42.2 Å². The van der Waals surface area contributed by atoms with Crippen LogP contribution in [0, 0.1) is 11.8 Å². The third-order valence-electron chi connectivity index (χ3n) is 11.6. The van der Waals surface area contributed by atoms with Gasteiger partial charge in [-0.25, -0.2) is 0 Å². The molecule has 0 saturated heterocycles. The molecule has 2 saturated carbocycles. The van der Waals surface area contributed by atoms with Crippen LogP contribution in [0.2, 0.25) is 0 Å². The number of rotatable bonds is 8. The molecule has 4 aliphatic carbocycles. The van der Waals surface area contributed by atoms with Gasteiger partial charge in [0.25, 0.3) is 0 Å². The van der Waals surface area contributed by atoms with Gasteiger partial charge in [0.1, 0.15) is 0 Å². The summed E-state index contributed by atoms with van der Waals surface area (Å²) in [5, 5.41) is 21.1. The number of allylic oxidation sites excluding steroid dienone is 2. The number of nitrogens with one attached hydrogen (secondary N) is 4. The zero-order valence-electron chi connectivity index (χ0n) is 30.4. The van der Waals surface area contributed by atoms with Gasteiger partial charge in [-0.15, -0.1) is 0 Å². The van der Waals surface area contributed by atoms with E-state index in [0.717, 1.165) is 78.6 Å². The molecule has 4 heterocycles. The van der Waals surface area contributed by atoms with Crippen molar-refractivity contribution in [2.75, 3.05) is 10.6 Å². The summed E-state index contributed by atoms with van der Waals surface area (Å²) in [6.45, 7) is 0. The molecule has 10 heteroatoms. The van der Waals surface area contributed by atoms with Crippen LogP contribution >= 0.6 is 0 Å². The minimum absolute atomic E-state index is 0.0739. The number of aromatic amines is 2. The quantitative estimate of drug-likeness (QED) is 0.126. The van der Waals surface area contributed by atoms with Crippen LogP contribution in [-0.2, 0) is 33.3 Å². The molecule has 2 aromatic carbocycles. The van der Waals surface area contributed by atoms with E-state index in [1.807, 2.05) is 36.7 Å². The molecule has 55 heavy (non-hydrogen) atoms. The Morgan fingerprint density at radius 1 is 0.564 bits per heavy atom. The average molecular weight is 727 g/mol. The normalized spacial score (nSPS) is 20.9. The molecule has 0 spiro atoms. The van der Waals surface area contributed by atoms with Gasteiger partial charge in [-0.05, 0) is 60.1 Å². The lowest BCUT2D eigenvalue weighted by Gasteiger charge is -2.34. The number of hydrogen-bond donors (Lipinski definition) is 4. The van der Waals surface area contributed by atoms with E-state index in [1.54, 1.807) is 12.4 Å². The molecule has 2 unspecified atom stereocenters. The van der Waals surface area contributed by atoms with E-state index in [1.165, 1.54) is 11.1 Å². The largest absolute Gasteiger partial charge is 0.308 e. The van der Waals surface area contributed by atoms with Crippen molar-refractivity contribution in [2.24, 2.45) is 11.8 Å². The van der Waals surface area contributed by atoms with Gasteiger partial charge in [0.05, 0.1) is 0 Å². The molecule has 0 radical (unpaired) electrons. The first-order valence-corrected chi connectivity index (χ1v) is 19.1. The predicted octanol–water partition coefficient (Wildman–Crippen LogP) is 7.81.